The van der Waals surface area contributed by atoms with Crippen molar-refractivity contribution in [3.63, 3.8) is 0 Å². The normalized spacial score (nSPS) is 10.6. The van der Waals surface area contributed by atoms with Crippen molar-refractivity contribution in [2.24, 2.45) is 0 Å². The molecule has 0 amide bonds. The fraction of sp³-hybridized carbons (Fsp3) is 0.357. The van der Waals surface area contributed by atoms with E-state index in [1.54, 1.807) is 0 Å². The maximum atomic E-state index is 5.62. The van der Waals surface area contributed by atoms with Crippen LogP contribution < -0.4 is 10.6 Å². The van der Waals surface area contributed by atoms with Gasteiger partial charge in [-0.3, -0.25) is 0 Å². The Morgan fingerprint density at radius 1 is 1.28 bits per heavy atom. The molecule has 0 saturated heterocycles. The van der Waals surface area contributed by atoms with Gasteiger partial charge in [0.15, 0.2) is 5.13 Å². The molecule has 0 saturated carbocycles. The molecule has 0 spiro atoms. The highest BCUT2D eigenvalue weighted by molar-refractivity contribution is 7.13. The Hall–Kier alpha value is -1.55. The van der Waals surface area contributed by atoms with Crippen LogP contribution in [-0.4, -0.2) is 18.6 Å². The van der Waals surface area contributed by atoms with Crippen LogP contribution in [-0.2, 0) is 12.8 Å². The highest BCUT2D eigenvalue weighted by Gasteiger charge is 2.03. The molecule has 18 heavy (non-hydrogen) atoms. The Labute approximate surface area is 112 Å². The summed E-state index contributed by atoms with van der Waals surface area (Å²) in [4.78, 5) is 6.52. The molecule has 0 radical (unpaired) electrons. The van der Waals surface area contributed by atoms with Gasteiger partial charge >= 0.3 is 0 Å². The fourth-order valence-electron chi connectivity index (χ4n) is 1.83. The van der Waals surface area contributed by atoms with Crippen LogP contribution in [0, 0.1) is 0 Å². The van der Waals surface area contributed by atoms with Crippen molar-refractivity contribution in [1.29, 1.82) is 0 Å². The topological polar surface area (TPSA) is 42.1 Å². The molecule has 4 heteroatoms. The molecule has 1 aromatic carbocycles. The molecule has 3 nitrogen and oxygen atoms in total. The number of thiazole rings is 1. The molecule has 2 N–H and O–H groups in total. The maximum Gasteiger partial charge on any atom is 0.180 e. The molecule has 0 aliphatic carbocycles. The van der Waals surface area contributed by atoms with Crippen LogP contribution >= 0.6 is 11.3 Å². The second-order valence-electron chi connectivity index (χ2n) is 4.37. The van der Waals surface area contributed by atoms with E-state index in [1.807, 2.05) is 5.38 Å². The van der Waals surface area contributed by atoms with E-state index in [-0.39, 0.29) is 0 Å². The van der Waals surface area contributed by atoms with E-state index in [2.05, 4.69) is 48.1 Å². The van der Waals surface area contributed by atoms with E-state index in [9.17, 15) is 0 Å². The number of hydrogen-bond acceptors (Lipinski definition) is 4. The summed E-state index contributed by atoms with van der Waals surface area (Å²) in [7, 11) is 2.11. The van der Waals surface area contributed by atoms with Gasteiger partial charge in [0.1, 0.15) is 0 Å². The molecule has 0 aliphatic rings. The lowest BCUT2D eigenvalue weighted by Crippen LogP contribution is -2.20. The molecule has 0 unspecified atom stereocenters. The summed E-state index contributed by atoms with van der Waals surface area (Å²) >= 11 is 1.50. The third-order valence-corrected chi connectivity index (χ3v) is 3.78. The number of hydrogen-bond donors (Lipinski definition) is 1. The Morgan fingerprint density at radius 2 is 2.00 bits per heavy atom. The third kappa shape index (κ3) is 3.23. The Balaban J connectivity index is 1.92. The lowest BCUT2D eigenvalue weighted by atomic mass is 10.1. The van der Waals surface area contributed by atoms with E-state index in [1.165, 1.54) is 22.6 Å². The van der Waals surface area contributed by atoms with Gasteiger partial charge in [0.2, 0.25) is 0 Å². The first kappa shape index (κ1) is 12.9. The lowest BCUT2D eigenvalue weighted by Gasteiger charge is -2.19. The van der Waals surface area contributed by atoms with Gasteiger partial charge in [-0.05, 0) is 24.1 Å². The van der Waals surface area contributed by atoms with Crippen molar-refractivity contribution in [3.05, 3.63) is 40.9 Å². The number of nitrogen functional groups attached to an aromatic ring is 1. The van der Waals surface area contributed by atoms with Gasteiger partial charge in [0.05, 0.1) is 5.69 Å². The molecule has 1 aromatic heterocycles. The molecular formula is C14H19N3S. The SMILES string of the molecule is CCc1ccc(N(C)CCc2csc(N)n2)cc1. The minimum absolute atomic E-state index is 0.653. The van der Waals surface area contributed by atoms with E-state index in [0.29, 0.717) is 5.13 Å². The molecule has 2 rings (SSSR count). The van der Waals surface area contributed by atoms with E-state index < -0.39 is 0 Å². The van der Waals surface area contributed by atoms with Gasteiger partial charge in [0.25, 0.3) is 0 Å². The zero-order valence-electron chi connectivity index (χ0n) is 10.9. The predicted molar refractivity (Wildman–Crippen MR) is 79.3 cm³/mol. The first-order chi connectivity index (χ1) is 8.69. The lowest BCUT2D eigenvalue weighted by molar-refractivity contribution is 0.859. The van der Waals surface area contributed by atoms with Crippen LogP contribution in [0.2, 0.25) is 0 Å². The number of aromatic nitrogens is 1. The average molecular weight is 261 g/mol. The van der Waals surface area contributed by atoms with Crippen molar-refractivity contribution in [2.75, 3.05) is 24.2 Å². The molecule has 0 aliphatic heterocycles. The van der Waals surface area contributed by atoms with Gasteiger partial charge < -0.3 is 10.6 Å². The quantitative estimate of drug-likeness (QED) is 0.899. The summed E-state index contributed by atoms with van der Waals surface area (Å²) in [6.45, 7) is 3.13. The van der Waals surface area contributed by atoms with Gasteiger partial charge in [-0.2, -0.15) is 0 Å². The molecule has 0 atom stereocenters. The highest BCUT2D eigenvalue weighted by Crippen LogP contribution is 2.16. The van der Waals surface area contributed by atoms with Gasteiger partial charge in [-0.15, -0.1) is 11.3 Å². The number of nitrogens with zero attached hydrogens (tertiary/aromatic N) is 2. The largest absolute Gasteiger partial charge is 0.375 e. The zero-order valence-corrected chi connectivity index (χ0v) is 11.7. The second kappa shape index (κ2) is 5.87. The molecule has 96 valence electrons. The molecule has 0 bridgehead atoms. The van der Waals surface area contributed by atoms with E-state index >= 15 is 0 Å². The van der Waals surface area contributed by atoms with Crippen molar-refractivity contribution < 1.29 is 0 Å². The maximum absolute atomic E-state index is 5.62. The van der Waals surface area contributed by atoms with Gasteiger partial charge in [-0.1, -0.05) is 19.1 Å². The first-order valence-electron chi connectivity index (χ1n) is 6.19. The van der Waals surface area contributed by atoms with E-state index in [4.69, 9.17) is 5.73 Å². The minimum Gasteiger partial charge on any atom is -0.375 e. The van der Waals surface area contributed by atoms with Crippen LogP contribution in [0.15, 0.2) is 29.6 Å². The average Bonchev–Trinajstić information content (AvgIpc) is 2.82. The van der Waals surface area contributed by atoms with Crippen LogP contribution in [0.5, 0.6) is 0 Å². The predicted octanol–water partition coefficient (Wildman–Crippen LogP) is 2.97. The Morgan fingerprint density at radius 3 is 2.56 bits per heavy atom. The molecule has 2 aromatic rings. The highest BCUT2D eigenvalue weighted by atomic mass is 32.1. The van der Waals surface area contributed by atoms with Crippen LogP contribution in [0.1, 0.15) is 18.2 Å². The monoisotopic (exact) mass is 261 g/mol. The Kier molecular flexibility index (Phi) is 4.20. The second-order valence-corrected chi connectivity index (χ2v) is 5.26. The fourth-order valence-corrected chi connectivity index (χ4v) is 2.43. The summed E-state index contributed by atoms with van der Waals surface area (Å²) < 4.78 is 0. The summed E-state index contributed by atoms with van der Waals surface area (Å²) in [6.07, 6.45) is 2.02. The van der Waals surface area contributed by atoms with Crippen LogP contribution in [0.3, 0.4) is 0 Å². The van der Waals surface area contributed by atoms with Crippen molar-refractivity contribution in [1.82, 2.24) is 4.98 Å². The number of anilines is 2. The number of benzene rings is 1. The van der Waals surface area contributed by atoms with Crippen molar-refractivity contribution in [3.8, 4) is 0 Å². The van der Waals surface area contributed by atoms with E-state index in [0.717, 1.165) is 25.1 Å². The number of aryl methyl sites for hydroxylation is 1. The standard InChI is InChI=1S/C14H19N3S/c1-3-11-4-6-13(7-5-11)17(2)9-8-12-10-18-14(15)16-12/h4-7,10H,3,8-9H2,1-2H3,(H2,15,16). The van der Waals surface area contributed by atoms with Crippen LogP contribution in [0.4, 0.5) is 10.8 Å². The zero-order chi connectivity index (χ0) is 13.0. The first-order valence-corrected chi connectivity index (χ1v) is 7.07. The molecule has 0 fully saturated rings. The number of nitrogens with two attached hydrogens (primary N) is 1. The summed E-state index contributed by atoms with van der Waals surface area (Å²) in [5, 5.41) is 2.68. The summed E-state index contributed by atoms with van der Waals surface area (Å²) in [5.74, 6) is 0. The molecular weight excluding hydrogens is 242 g/mol. The number of likely N-dealkylation sites (N-methyl/N-ethyl adjacent to an activating group) is 1. The van der Waals surface area contributed by atoms with Gasteiger partial charge in [0, 0.05) is 31.1 Å². The van der Waals surface area contributed by atoms with Crippen molar-refractivity contribution >= 4 is 22.2 Å². The molecule has 1 heterocycles. The number of rotatable bonds is 5. The van der Waals surface area contributed by atoms with Crippen molar-refractivity contribution in [2.45, 2.75) is 19.8 Å². The third-order valence-electron chi connectivity index (χ3n) is 3.06. The Bertz CT molecular complexity index is 490. The smallest absolute Gasteiger partial charge is 0.180 e. The summed E-state index contributed by atoms with van der Waals surface area (Å²) in [5.41, 5.74) is 9.32. The van der Waals surface area contributed by atoms with Crippen LogP contribution in [0.25, 0.3) is 0 Å². The minimum atomic E-state index is 0.653. The summed E-state index contributed by atoms with van der Waals surface area (Å²) in [6, 6.07) is 8.72. The van der Waals surface area contributed by atoms with Gasteiger partial charge in [-0.25, -0.2) is 4.98 Å².